The van der Waals surface area contributed by atoms with Gasteiger partial charge in [-0.25, -0.2) is 0 Å². The summed E-state index contributed by atoms with van der Waals surface area (Å²) < 4.78 is 5.84. The lowest BCUT2D eigenvalue weighted by Crippen LogP contribution is -2.13. The van der Waals surface area contributed by atoms with Gasteiger partial charge in [-0.1, -0.05) is 36.2 Å². The van der Waals surface area contributed by atoms with E-state index in [0.717, 1.165) is 17.7 Å². The van der Waals surface area contributed by atoms with Gasteiger partial charge in [0.05, 0.1) is 5.02 Å². The summed E-state index contributed by atoms with van der Waals surface area (Å²) in [4.78, 5) is 4.06. The molecule has 20 heavy (non-hydrogen) atoms. The Kier molecular flexibility index (Phi) is 5.65. The van der Waals surface area contributed by atoms with E-state index in [0.29, 0.717) is 28.9 Å². The summed E-state index contributed by atoms with van der Waals surface area (Å²) in [5.41, 5.74) is 1.95. The highest BCUT2D eigenvalue weighted by Crippen LogP contribution is 2.33. The quantitative estimate of drug-likeness (QED) is 0.873. The van der Waals surface area contributed by atoms with Gasteiger partial charge in [0.1, 0.15) is 12.4 Å². The Bertz CT molecular complexity index is 561. The molecule has 106 valence electrons. The van der Waals surface area contributed by atoms with Crippen molar-refractivity contribution in [2.24, 2.45) is 0 Å². The first-order valence-corrected chi connectivity index (χ1v) is 7.16. The van der Waals surface area contributed by atoms with Crippen LogP contribution in [0.25, 0.3) is 0 Å². The molecule has 3 nitrogen and oxygen atoms in total. The smallest absolute Gasteiger partial charge is 0.142 e. The second-order valence-corrected chi connectivity index (χ2v) is 5.15. The molecule has 0 atom stereocenters. The lowest BCUT2D eigenvalue weighted by Gasteiger charge is -2.14. The van der Waals surface area contributed by atoms with Crippen LogP contribution in [0.4, 0.5) is 0 Å². The minimum Gasteiger partial charge on any atom is -0.487 e. The van der Waals surface area contributed by atoms with E-state index in [1.165, 1.54) is 0 Å². The van der Waals surface area contributed by atoms with E-state index in [4.69, 9.17) is 27.9 Å². The summed E-state index contributed by atoms with van der Waals surface area (Å²) in [6.07, 6.45) is 3.50. The number of rotatable bonds is 6. The van der Waals surface area contributed by atoms with E-state index < -0.39 is 0 Å². The highest BCUT2D eigenvalue weighted by molar-refractivity contribution is 6.35. The maximum absolute atomic E-state index is 6.23. The fourth-order valence-corrected chi connectivity index (χ4v) is 2.40. The summed E-state index contributed by atoms with van der Waals surface area (Å²) in [6.45, 7) is 4.00. The summed E-state index contributed by atoms with van der Waals surface area (Å²) in [7, 11) is 0. The van der Waals surface area contributed by atoms with Crippen molar-refractivity contribution in [3.05, 3.63) is 57.8 Å². The van der Waals surface area contributed by atoms with Gasteiger partial charge in [-0.15, -0.1) is 0 Å². The molecule has 2 aromatic rings. The Morgan fingerprint density at radius 1 is 1.30 bits per heavy atom. The number of halogens is 2. The Labute approximate surface area is 128 Å². The van der Waals surface area contributed by atoms with Gasteiger partial charge in [-0.3, -0.25) is 4.98 Å². The SMILES string of the molecule is CCNCc1cc(Cl)cc(Cl)c1OCc1cccnc1. The molecule has 1 aromatic carbocycles. The van der Waals surface area contributed by atoms with Gasteiger partial charge >= 0.3 is 0 Å². The monoisotopic (exact) mass is 310 g/mol. The molecule has 0 aliphatic carbocycles. The van der Waals surface area contributed by atoms with E-state index >= 15 is 0 Å². The molecule has 0 spiro atoms. The average molecular weight is 311 g/mol. The normalized spacial score (nSPS) is 10.6. The minimum atomic E-state index is 0.425. The predicted octanol–water partition coefficient (Wildman–Crippen LogP) is 4.08. The van der Waals surface area contributed by atoms with Crippen LogP contribution in [0.1, 0.15) is 18.1 Å². The topological polar surface area (TPSA) is 34.1 Å². The van der Waals surface area contributed by atoms with Crippen molar-refractivity contribution in [3.63, 3.8) is 0 Å². The molecule has 0 amide bonds. The van der Waals surface area contributed by atoms with Crippen molar-refractivity contribution in [2.75, 3.05) is 6.54 Å². The van der Waals surface area contributed by atoms with Crippen LogP contribution in [0.2, 0.25) is 10.0 Å². The third-order valence-electron chi connectivity index (χ3n) is 2.76. The van der Waals surface area contributed by atoms with Crippen molar-refractivity contribution in [3.8, 4) is 5.75 Å². The molecule has 0 fully saturated rings. The zero-order valence-electron chi connectivity index (χ0n) is 11.2. The van der Waals surface area contributed by atoms with E-state index in [2.05, 4.69) is 10.3 Å². The van der Waals surface area contributed by atoms with Gasteiger partial charge in [0.15, 0.2) is 0 Å². The predicted molar refractivity (Wildman–Crippen MR) is 82.4 cm³/mol. The first-order valence-electron chi connectivity index (χ1n) is 6.41. The van der Waals surface area contributed by atoms with Crippen LogP contribution in [0, 0.1) is 0 Å². The molecule has 0 saturated carbocycles. The number of ether oxygens (including phenoxy) is 1. The zero-order chi connectivity index (χ0) is 14.4. The number of nitrogens with one attached hydrogen (secondary N) is 1. The maximum atomic E-state index is 6.23. The average Bonchev–Trinajstić information content (AvgIpc) is 2.45. The summed E-state index contributed by atoms with van der Waals surface area (Å²) in [6, 6.07) is 7.40. The summed E-state index contributed by atoms with van der Waals surface area (Å²) in [5.74, 6) is 0.667. The molecular weight excluding hydrogens is 295 g/mol. The third-order valence-corrected chi connectivity index (χ3v) is 3.26. The number of nitrogens with zero attached hydrogens (tertiary/aromatic N) is 1. The van der Waals surface area contributed by atoms with Crippen LogP contribution in [0.15, 0.2) is 36.7 Å². The van der Waals surface area contributed by atoms with Crippen molar-refractivity contribution >= 4 is 23.2 Å². The van der Waals surface area contributed by atoms with Crippen LogP contribution in [-0.2, 0) is 13.2 Å². The maximum Gasteiger partial charge on any atom is 0.142 e. The highest BCUT2D eigenvalue weighted by atomic mass is 35.5. The van der Waals surface area contributed by atoms with Crippen molar-refractivity contribution in [2.45, 2.75) is 20.1 Å². The van der Waals surface area contributed by atoms with Crippen molar-refractivity contribution in [1.82, 2.24) is 10.3 Å². The fraction of sp³-hybridized carbons (Fsp3) is 0.267. The van der Waals surface area contributed by atoms with Crippen LogP contribution in [0.5, 0.6) is 5.75 Å². The van der Waals surface area contributed by atoms with Gasteiger partial charge in [0.25, 0.3) is 0 Å². The summed E-state index contributed by atoms with van der Waals surface area (Å²) >= 11 is 12.3. The standard InChI is InChI=1S/C15H16Cl2N2O/c1-2-18-9-12-6-13(16)7-14(17)15(12)20-10-11-4-3-5-19-8-11/h3-8,18H,2,9-10H2,1H3. The van der Waals surface area contributed by atoms with Gasteiger partial charge in [-0.05, 0) is 24.7 Å². The summed E-state index contributed by atoms with van der Waals surface area (Å²) in [5, 5.41) is 4.38. The largest absolute Gasteiger partial charge is 0.487 e. The van der Waals surface area contributed by atoms with Crippen LogP contribution < -0.4 is 10.1 Å². The number of pyridine rings is 1. The molecule has 0 saturated heterocycles. The molecule has 0 aliphatic rings. The Morgan fingerprint density at radius 3 is 2.85 bits per heavy atom. The molecule has 5 heteroatoms. The highest BCUT2D eigenvalue weighted by Gasteiger charge is 2.11. The second kappa shape index (κ2) is 7.48. The van der Waals surface area contributed by atoms with E-state index in [1.807, 2.05) is 25.1 Å². The van der Waals surface area contributed by atoms with Gasteiger partial charge < -0.3 is 10.1 Å². The lowest BCUT2D eigenvalue weighted by atomic mass is 10.2. The molecule has 2 rings (SSSR count). The molecule has 0 radical (unpaired) electrons. The third kappa shape index (κ3) is 4.10. The van der Waals surface area contributed by atoms with Crippen molar-refractivity contribution < 1.29 is 4.74 Å². The van der Waals surface area contributed by atoms with Gasteiger partial charge in [0, 0.05) is 35.1 Å². The number of aromatic nitrogens is 1. The lowest BCUT2D eigenvalue weighted by molar-refractivity contribution is 0.302. The Balaban J connectivity index is 2.16. The van der Waals surface area contributed by atoms with Crippen molar-refractivity contribution in [1.29, 1.82) is 0 Å². The molecule has 1 aromatic heterocycles. The molecule has 0 aliphatic heterocycles. The van der Waals surface area contributed by atoms with E-state index in [-0.39, 0.29) is 0 Å². The number of hydrogen-bond donors (Lipinski definition) is 1. The van der Waals surface area contributed by atoms with Gasteiger partial charge in [-0.2, -0.15) is 0 Å². The Morgan fingerprint density at radius 2 is 2.15 bits per heavy atom. The second-order valence-electron chi connectivity index (χ2n) is 4.31. The number of hydrogen-bond acceptors (Lipinski definition) is 3. The number of benzene rings is 1. The van der Waals surface area contributed by atoms with E-state index in [9.17, 15) is 0 Å². The minimum absolute atomic E-state index is 0.425. The molecular formula is C15H16Cl2N2O. The molecule has 1 N–H and O–H groups in total. The molecule has 1 heterocycles. The van der Waals surface area contributed by atoms with Crippen LogP contribution in [0.3, 0.4) is 0 Å². The molecule has 0 bridgehead atoms. The zero-order valence-corrected chi connectivity index (χ0v) is 12.7. The first-order chi connectivity index (χ1) is 9.70. The van der Waals surface area contributed by atoms with E-state index in [1.54, 1.807) is 18.5 Å². The Hall–Kier alpha value is -1.29. The fourth-order valence-electron chi connectivity index (χ4n) is 1.81. The van der Waals surface area contributed by atoms with Crippen LogP contribution in [-0.4, -0.2) is 11.5 Å². The van der Waals surface area contributed by atoms with Crippen LogP contribution >= 0.6 is 23.2 Å². The molecule has 0 unspecified atom stereocenters. The first kappa shape index (κ1) is 15.1. The van der Waals surface area contributed by atoms with Gasteiger partial charge in [0.2, 0.25) is 0 Å².